The molecule has 0 aliphatic heterocycles. The van der Waals surface area contributed by atoms with Gasteiger partial charge in [0.05, 0.1) is 5.41 Å². The monoisotopic (exact) mass is 115 g/mol. The number of hydrogen-bond acceptors (Lipinski definition) is 2. The molecule has 1 radical (unpaired) electrons. The van der Waals surface area contributed by atoms with E-state index in [4.69, 9.17) is 0 Å². The van der Waals surface area contributed by atoms with Gasteiger partial charge in [0.25, 0.3) is 0 Å². The molecule has 0 bridgehead atoms. The van der Waals surface area contributed by atoms with Crippen LogP contribution in [-0.4, -0.2) is 5.97 Å². The Kier molecular flexibility index (Phi) is 2.02. The third kappa shape index (κ3) is 1.96. The normalized spacial score (nSPS) is 11.0. The molecule has 0 amide bonds. The van der Waals surface area contributed by atoms with Gasteiger partial charge in [0.1, 0.15) is 7.11 Å². The Labute approximate surface area is 49.8 Å². The minimum atomic E-state index is -0.415. The van der Waals surface area contributed by atoms with Gasteiger partial charge < -0.3 is 4.74 Å². The maximum Gasteiger partial charge on any atom is 0.311 e. The zero-order valence-corrected chi connectivity index (χ0v) is 5.52. The molecule has 0 heterocycles. The van der Waals surface area contributed by atoms with E-state index in [1.165, 1.54) is 0 Å². The molecule has 2 heteroatoms. The third-order valence-corrected chi connectivity index (χ3v) is 0.743. The molecule has 0 aliphatic carbocycles. The molecule has 8 heavy (non-hydrogen) atoms. The lowest BCUT2D eigenvalue weighted by molar-refractivity contribution is -0.147. The van der Waals surface area contributed by atoms with Gasteiger partial charge in [-0.3, -0.25) is 4.79 Å². The fourth-order valence-corrected chi connectivity index (χ4v) is 0.217. The van der Waals surface area contributed by atoms with E-state index in [0.29, 0.717) is 0 Å². The topological polar surface area (TPSA) is 26.3 Å². The van der Waals surface area contributed by atoms with Crippen LogP contribution in [0.5, 0.6) is 0 Å². The van der Waals surface area contributed by atoms with Crippen molar-refractivity contribution in [3.63, 3.8) is 0 Å². The minimum absolute atomic E-state index is 0.280. The Morgan fingerprint density at radius 2 is 1.88 bits per heavy atom. The molecule has 0 N–H and O–H groups in total. The summed E-state index contributed by atoms with van der Waals surface area (Å²) < 4.78 is 4.23. The first-order valence-electron chi connectivity index (χ1n) is 2.45. The number of ether oxygens (including phenoxy) is 1. The summed E-state index contributed by atoms with van der Waals surface area (Å²) in [6.07, 6.45) is 0. The maximum absolute atomic E-state index is 10.5. The zero-order chi connectivity index (χ0) is 6.78. The van der Waals surface area contributed by atoms with Gasteiger partial charge >= 0.3 is 5.97 Å². The number of rotatable bonds is 0. The average molecular weight is 115 g/mol. The van der Waals surface area contributed by atoms with Crippen LogP contribution in [0.2, 0.25) is 0 Å². The Balaban J connectivity index is 3.82. The molecule has 0 aromatic heterocycles. The molecule has 0 unspecified atom stereocenters. The summed E-state index contributed by atoms with van der Waals surface area (Å²) in [6.45, 7) is 5.33. The van der Waals surface area contributed by atoms with Crippen molar-refractivity contribution in [1.82, 2.24) is 0 Å². The van der Waals surface area contributed by atoms with Gasteiger partial charge in [-0.25, -0.2) is 0 Å². The van der Waals surface area contributed by atoms with Gasteiger partial charge in [-0.15, -0.1) is 0 Å². The number of esters is 1. The zero-order valence-electron chi connectivity index (χ0n) is 5.52. The summed E-state index contributed by atoms with van der Waals surface area (Å²) in [7, 11) is 3.00. The van der Waals surface area contributed by atoms with Crippen LogP contribution in [0.15, 0.2) is 0 Å². The van der Waals surface area contributed by atoms with E-state index in [1.807, 2.05) is 0 Å². The van der Waals surface area contributed by atoms with Crippen molar-refractivity contribution in [2.75, 3.05) is 0 Å². The molecule has 0 aromatic rings. The highest BCUT2D eigenvalue weighted by atomic mass is 16.5. The lowest BCUT2D eigenvalue weighted by atomic mass is 9.98. The van der Waals surface area contributed by atoms with E-state index in [-0.39, 0.29) is 5.97 Å². The molecule has 0 saturated heterocycles. The number of carbonyl (C=O) groups is 1. The van der Waals surface area contributed by atoms with Crippen molar-refractivity contribution in [2.24, 2.45) is 5.41 Å². The van der Waals surface area contributed by atoms with E-state index in [9.17, 15) is 4.79 Å². The van der Waals surface area contributed by atoms with Crippen LogP contribution in [0.4, 0.5) is 0 Å². The Hall–Kier alpha value is -0.530. The standard InChI is InChI=1S/C6H11O2/c1-6(2,3)5(7)8-4/h4H2,1-3H3. The molecular weight excluding hydrogens is 104 g/mol. The lowest BCUT2D eigenvalue weighted by Crippen LogP contribution is -2.20. The second-order valence-electron chi connectivity index (χ2n) is 2.68. The predicted molar refractivity (Wildman–Crippen MR) is 30.9 cm³/mol. The molecule has 0 saturated carbocycles. The summed E-state index contributed by atoms with van der Waals surface area (Å²) in [4.78, 5) is 10.5. The summed E-state index contributed by atoms with van der Waals surface area (Å²) >= 11 is 0. The van der Waals surface area contributed by atoms with Crippen LogP contribution in [0.25, 0.3) is 0 Å². The van der Waals surface area contributed by atoms with Crippen molar-refractivity contribution in [2.45, 2.75) is 20.8 Å². The lowest BCUT2D eigenvalue weighted by Gasteiger charge is -2.12. The second-order valence-corrected chi connectivity index (χ2v) is 2.68. The van der Waals surface area contributed by atoms with Gasteiger partial charge in [-0.05, 0) is 20.8 Å². The van der Waals surface area contributed by atoms with Crippen LogP contribution < -0.4 is 0 Å². The van der Waals surface area contributed by atoms with E-state index >= 15 is 0 Å². The predicted octanol–water partition coefficient (Wildman–Crippen LogP) is 1.37. The van der Waals surface area contributed by atoms with E-state index < -0.39 is 5.41 Å². The molecule has 0 aromatic carbocycles. The van der Waals surface area contributed by atoms with Gasteiger partial charge in [0, 0.05) is 0 Å². The van der Waals surface area contributed by atoms with Crippen LogP contribution in [0, 0.1) is 12.5 Å². The Bertz CT molecular complexity index is 89.2. The highest BCUT2D eigenvalue weighted by Gasteiger charge is 2.21. The first kappa shape index (κ1) is 7.47. The van der Waals surface area contributed by atoms with Crippen molar-refractivity contribution < 1.29 is 9.53 Å². The largest absolute Gasteiger partial charge is 0.462 e. The molecule has 2 nitrogen and oxygen atoms in total. The van der Waals surface area contributed by atoms with Gasteiger partial charge in [0.2, 0.25) is 0 Å². The maximum atomic E-state index is 10.5. The highest BCUT2D eigenvalue weighted by Crippen LogP contribution is 2.13. The Morgan fingerprint density at radius 1 is 1.50 bits per heavy atom. The van der Waals surface area contributed by atoms with E-state index in [2.05, 4.69) is 11.8 Å². The second kappa shape index (κ2) is 2.16. The Morgan fingerprint density at radius 3 is 1.88 bits per heavy atom. The van der Waals surface area contributed by atoms with Gasteiger partial charge in [0.15, 0.2) is 0 Å². The number of carbonyl (C=O) groups excluding carboxylic acids is 1. The average Bonchev–Trinajstić information content (AvgIpc) is 1.62. The van der Waals surface area contributed by atoms with Crippen molar-refractivity contribution in [1.29, 1.82) is 0 Å². The van der Waals surface area contributed by atoms with E-state index in [1.54, 1.807) is 20.8 Å². The fourth-order valence-electron chi connectivity index (χ4n) is 0.217. The van der Waals surface area contributed by atoms with Crippen LogP contribution in [0.3, 0.4) is 0 Å². The van der Waals surface area contributed by atoms with Crippen LogP contribution >= 0.6 is 0 Å². The molecular formula is C6H11O2. The summed E-state index contributed by atoms with van der Waals surface area (Å²) in [5.41, 5.74) is -0.415. The smallest absolute Gasteiger partial charge is 0.311 e. The van der Waals surface area contributed by atoms with Gasteiger partial charge in [-0.2, -0.15) is 0 Å². The van der Waals surface area contributed by atoms with Gasteiger partial charge in [-0.1, -0.05) is 0 Å². The molecule has 0 fully saturated rings. The summed E-state index contributed by atoms with van der Waals surface area (Å²) in [5, 5.41) is 0. The highest BCUT2D eigenvalue weighted by molar-refractivity contribution is 5.75. The van der Waals surface area contributed by atoms with Crippen molar-refractivity contribution >= 4 is 5.97 Å². The number of hydrogen-bond donors (Lipinski definition) is 0. The fraction of sp³-hybridized carbons (Fsp3) is 0.667. The van der Waals surface area contributed by atoms with Crippen LogP contribution in [-0.2, 0) is 9.53 Å². The summed E-state index contributed by atoms with van der Waals surface area (Å²) in [6, 6.07) is 0. The molecule has 0 aliphatic rings. The van der Waals surface area contributed by atoms with Crippen molar-refractivity contribution in [3.05, 3.63) is 7.11 Å². The molecule has 0 spiro atoms. The van der Waals surface area contributed by atoms with Crippen molar-refractivity contribution in [3.8, 4) is 0 Å². The first-order valence-corrected chi connectivity index (χ1v) is 2.45. The quantitative estimate of drug-likeness (QED) is 0.446. The summed E-state index contributed by atoms with van der Waals surface area (Å²) in [5.74, 6) is -0.280. The molecule has 0 rings (SSSR count). The molecule has 47 valence electrons. The SMILES string of the molecule is [CH2]OC(=O)C(C)(C)C. The van der Waals surface area contributed by atoms with Crippen LogP contribution in [0.1, 0.15) is 20.8 Å². The first-order chi connectivity index (χ1) is 3.48. The third-order valence-electron chi connectivity index (χ3n) is 0.743. The van der Waals surface area contributed by atoms with E-state index in [0.717, 1.165) is 0 Å². The molecule has 0 atom stereocenters. The minimum Gasteiger partial charge on any atom is -0.462 e.